The van der Waals surface area contributed by atoms with Crippen molar-refractivity contribution in [3.05, 3.63) is 24.0 Å². The Morgan fingerprint density at radius 3 is 3.06 bits per heavy atom. The van der Waals surface area contributed by atoms with Gasteiger partial charge in [0.15, 0.2) is 5.65 Å². The van der Waals surface area contributed by atoms with Gasteiger partial charge in [-0.2, -0.15) is 9.61 Å². The van der Waals surface area contributed by atoms with E-state index in [0.29, 0.717) is 4.83 Å². The highest BCUT2D eigenvalue weighted by atomic mass is 79.9. The number of hydrogen-bond acceptors (Lipinski definition) is 3. The molecule has 1 atom stereocenters. The lowest BCUT2D eigenvalue weighted by molar-refractivity contribution is 0.860. The summed E-state index contributed by atoms with van der Waals surface area (Å²) in [5, 5.41) is 4.28. The topological polar surface area (TPSA) is 33.4 Å². The largest absolute Gasteiger partial charge is 0.355 e. The molecular formula is C11H13BrN4. The van der Waals surface area contributed by atoms with Gasteiger partial charge in [-0.15, -0.1) is 0 Å². The molecule has 0 aliphatic carbocycles. The third-order valence-corrected chi connectivity index (χ3v) is 3.71. The highest BCUT2D eigenvalue weighted by molar-refractivity contribution is 9.09. The Balaban J connectivity index is 2.11. The van der Waals surface area contributed by atoms with Crippen molar-refractivity contribution in [2.45, 2.75) is 18.2 Å². The monoisotopic (exact) mass is 280 g/mol. The molecule has 1 unspecified atom stereocenters. The average molecular weight is 281 g/mol. The highest BCUT2D eigenvalue weighted by Crippen LogP contribution is 2.25. The normalized spacial score (nSPS) is 20.9. The highest BCUT2D eigenvalue weighted by Gasteiger charge is 2.22. The molecule has 3 rings (SSSR count). The first-order chi connectivity index (χ1) is 7.74. The number of rotatable bonds is 1. The second-order valence-electron chi connectivity index (χ2n) is 4.25. The van der Waals surface area contributed by atoms with Gasteiger partial charge in [-0.1, -0.05) is 15.9 Å². The van der Waals surface area contributed by atoms with E-state index in [2.05, 4.69) is 50.0 Å². The molecule has 0 saturated carbocycles. The van der Waals surface area contributed by atoms with Crippen molar-refractivity contribution >= 4 is 27.4 Å². The van der Waals surface area contributed by atoms with Crippen molar-refractivity contribution in [2.75, 3.05) is 18.0 Å². The molecule has 1 saturated heterocycles. The molecular weight excluding hydrogens is 268 g/mol. The Morgan fingerprint density at radius 1 is 1.44 bits per heavy atom. The summed E-state index contributed by atoms with van der Waals surface area (Å²) in [4.78, 5) is 7.19. The van der Waals surface area contributed by atoms with Crippen LogP contribution in [0.5, 0.6) is 0 Å². The number of pyridine rings is 1. The molecule has 0 N–H and O–H groups in total. The molecule has 0 amide bonds. The third-order valence-electron chi connectivity index (χ3n) is 2.96. The van der Waals surface area contributed by atoms with Crippen LogP contribution in [0.1, 0.15) is 12.0 Å². The van der Waals surface area contributed by atoms with Crippen molar-refractivity contribution < 1.29 is 0 Å². The number of hydrogen-bond donors (Lipinski definition) is 0. The summed E-state index contributed by atoms with van der Waals surface area (Å²) < 4.78 is 1.91. The van der Waals surface area contributed by atoms with Crippen LogP contribution in [-0.4, -0.2) is 32.5 Å². The molecule has 0 aromatic carbocycles. The van der Waals surface area contributed by atoms with Crippen LogP contribution in [0.4, 0.5) is 5.82 Å². The lowest BCUT2D eigenvalue weighted by Crippen LogP contribution is -2.22. The van der Waals surface area contributed by atoms with Crippen LogP contribution in [0.25, 0.3) is 5.65 Å². The van der Waals surface area contributed by atoms with E-state index in [1.807, 2.05) is 4.52 Å². The van der Waals surface area contributed by atoms with Gasteiger partial charge in [-0.25, -0.2) is 4.98 Å². The van der Waals surface area contributed by atoms with Crippen molar-refractivity contribution in [2.24, 2.45) is 0 Å². The Labute approximate surface area is 102 Å². The van der Waals surface area contributed by atoms with E-state index in [9.17, 15) is 0 Å². The van der Waals surface area contributed by atoms with E-state index in [4.69, 9.17) is 0 Å². The number of anilines is 1. The first kappa shape index (κ1) is 10.1. The van der Waals surface area contributed by atoms with Gasteiger partial charge in [-0.3, -0.25) is 0 Å². The van der Waals surface area contributed by atoms with Gasteiger partial charge in [0.2, 0.25) is 0 Å². The smallest absolute Gasteiger partial charge is 0.157 e. The van der Waals surface area contributed by atoms with Crippen molar-refractivity contribution in [3.63, 3.8) is 0 Å². The Kier molecular flexibility index (Phi) is 2.35. The van der Waals surface area contributed by atoms with Crippen LogP contribution < -0.4 is 4.90 Å². The predicted octanol–water partition coefficient (Wildman–Crippen LogP) is 2.01. The maximum absolute atomic E-state index is 4.28. The lowest BCUT2D eigenvalue weighted by Gasteiger charge is -2.19. The van der Waals surface area contributed by atoms with E-state index < -0.39 is 0 Å². The minimum atomic E-state index is 0.589. The molecule has 3 heterocycles. The Bertz CT molecular complexity index is 522. The molecule has 2 aromatic rings. The molecule has 1 aliphatic heterocycles. The van der Waals surface area contributed by atoms with Crippen LogP contribution in [-0.2, 0) is 0 Å². The van der Waals surface area contributed by atoms with Gasteiger partial charge in [0, 0.05) is 17.9 Å². The number of halogens is 1. The zero-order valence-corrected chi connectivity index (χ0v) is 10.7. The molecule has 0 spiro atoms. The maximum Gasteiger partial charge on any atom is 0.157 e. The molecule has 16 heavy (non-hydrogen) atoms. The molecule has 5 heteroatoms. The first-order valence-corrected chi connectivity index (χ1v) is 6.35. The quantitative estimate of drug-likeness (QED) is 0.750. The Hall–Kier alpha value is -1.10. The van der Waals surface area contributed by atoms with E-state index in [-0.39, 0.29) is 0 Å². The minimum Gasteiger partial charge on any atom is -0.355 e. The van der Waals surface area contributed by atoms with Gasteiger partial charge in [0.1, 0.15) is 12.1 Å². The number of aryl methyl sites for hydroxylation is 1. The van der Waals surface area contributed by atoms with E-state index in [0.717, 1.165) is 24.6 Å². The van der Waals surface area contributed by atoms with Crippen LogP contribution in [0, 0.1) is 6.92 Å². The van der Waals surface area contributed by atoms with Gasteiger partial charge < -0.3 is 4.90 Å². The summed E-state index contributed by atoms with van der Waals surface area (Å²) in [6.07, 6.45) is 2.80. The van der Waals surface area contributed by atoms with Crippen LogP contribution in [0.2, 0.25) is 0 Å². The number of fused-ring (bicyclic) bond motifs is 1. The standard InChI is InChI=1S/C11H13BrN4/c1-8-4-10-13-7-14-16(10)11(5-8)15-3-2-9(12)6-15/h4-5,7,9H,2-3,6H2,1H3. The summed E-state index contributed by atoms with van der Waals surface area (Å²) >= 11 is 3.66. The first-order valence-electron chi connectivity index (χ1n) is 5.43. The molecule has 2 aromatic heterocycles. The van der Waals surface area contributed by atoms with E-state index in [1.165, 1.54) is 12.0 Å². The van der Waals surface area contributed by atoms with Crippen molar-refractivity contribution in [1.29, 1.82) is 0 Å². The molecule has 84 valence electrons. The summed E-state index contributed by atoms with van der Waals surface area (Å²) in [5.74, 6) is 1.15. The molecule has 0 radical (unpaired) electrons. The molecule has 1 aliphatic rings. The Morgan fingerprint density at radius 2 is 2.31 bits per heavy atom. The van der Waals surface area contributed by atoms with Crippen LogP contribution >= 0.6 is 15.9 Å². The fourth-order valence-electron chi connectivity index (χ4n) is 2.19. The predicted molar refractivity (Wildman–Crippen MR) is 67.3 cm³/mol. The summed E-state index contributed by atoms with van der Waals surface area (Å²) in [6, 6.07) is 4.23. The maximum atomic E-state index is 4.28. The summed E-state index contributed by atoms with van der Waals surface area (Å²) in [5.41, 5.74) is 2.15. The lowest BCUT2D eigenvalue weighted by atomic mass is 10.3. The fourth-order valence-corrected chi connectivity index (χ4v) is 2.74. The van der Waals surface area contributed by atoms with E-state index in [1.54, 1.807) is 6.33 Å². The van der Waals surface area contributed by atoms with Crippen molar-refractivity contribution in [1.82, 2.24) is 14.6 Å². The van der Waals surface area contributed by atoms with Crippen molar-refractivity contribution in [3.8, 4) is 0 Å². The summed E-state index contributed by atoms with van der Waals surface area (Å²) in [6.45, 7) is 4.21. The fraction of sp³-hybridized carbons (Fsp3) is 0.455. The minimum absolute atomic E-state index is 0.589. The van der Waals surface area contributed by atoms with Crippen LogP contribution in [0.3, 0.4) is 0 Å². The zero-order chi connectivity index (χ0) is 11.1. The molecule has 4 nitrogen and oxygen atoms in total. The van der Waals surface area contributed by atoms with Gasteiger partial charge in [0.05, 0.1) is 0 Å². The number of nitrogens with zero attached hydrogens (tertiary/aromatic N) is 4. The van der Waals surface area contributed by atoms with E-state index >= 15 is 0 Å². The number of alkyl halides is 1. The average Bonchev–Trinajstić information content (AvgIpc) is 2.84. The SMILES string of the molecule is Cc1cc(N2CCC(Br)C2)n2ncnc2c1. The third kappa shape index (κ3) is 1.59. The number of aromatic nitrogens is 3. The summed E-state index contributed by atoms with van der Waals surface area (Å²) in [7, 11) is 0. The zero-order valence-electron chi connectivity index (χ0n) is 9.10. The second kappa shape index (κ2) is 3.73. The second-order valence-corrected chi connectivity index (χ2v) is 5.55. The van der Waals surface area contributed by atoms with Crippen LogP contribution in [0.15, 0.2) is 18.5 Å². The van der Waals surface area contributed by atoms with Gasteiger partial charge in [-0.05, 0) is 31.0 Å². The molecule has 0 bridgehead atoms. The van der Waals surface area contributed by atoms with Gasteiger partial charge >= 0.3 is 0 Å². The molecule has 1 fully saturated rings. The van der Waals surface area contributed by atoms with Gasteiger partial charge in [0.25, 0.3) is 0 Å².